The lowest BCUT2D eigenvalue weighted by atomic mass is 10.2. The van der Waals surface area contributed by atoms with Crippen LogP contribution < -0.4 is 0 Å². The molecule has 0 unspecified atom stereocenters. The Kier molecular flexibility index (Phi) is 5.89. The van der Waals surface area contributed by atoms with E-state index < -0.39 is 15.7 Å². The van der Waals surface area contributed by atoms with Crippen molar-refractivity contribution in [1.82, 2.24) is 9.80 Å². The molecule has 0 radical (unpaired) electrons. The van der Waals surface area contributed by atoms with E-state index in [0.29, 0.717) is 13.1 Å². The Balaban J connectivity index is 1.67. The van der Waals surface area contributed by atoms with Crippen molar-refractivity contribution in [2.24, 2.45) is 0 Å². The maximum atomic E-state index is 13.0. The molecule has 140 valence electrons. The van der Waals surface area contributed by atoms with Gasteiger partial charge in [0.15, 0.2) is 4.91 Å². The third-order valence-corrected chi connectivity index (χ3v) is 6.15. The van der Waals surface area contributed by atoms with E-state index in [4.69, 9.17) is 0 Å². The quantitative estimate of drug-likeness (QED) is 0.585. The molecule has 7 heteroatoms. The number of allylic oxidation sites excluding steroid dienone is 1. The van der Waals surface area contributed by atoms with Crippen LogP contribution in [0.25, 0.3) is 0 Å². The van der Waals surface area contributed by atoms with Gasteiger partial charge in [0.25, 0.3) is 0 Å². The summed E-state index contributed by atoms with van der Waals surface area (Å²) in [7, 11) is -3.95. The summed E-state index contributed by atoms with van der Waals surface area (Å²) >= 11 is 0. The fraction of sp³-hybridized carbons (Fsp3) is 0.250. The van der Waals surface area contributed by atoms with Crippen molar-refractivity contribution in [1.29, 1.82) is 5.26 Å². The normalized spacial score (nSPS) is 16.1. The summed E-state index contributed by atoms with van der Waals surface area (Å²) < 4.78 is 38.2. The SMILES string of the molecule is N#C/C(=C/N1CCN(Cc2ccccc2)CC1)S(=O)(=O)c1ccc(F)cc1. The lowest BCUT2D eigenvalue weighted by Gasteiger charge is -2.34. The van der Waals surface area contributed by atoms with Crippen LogP contribution in [-0.2, 0) is 16.4 Å². The standard InChI is InChI=1S/C20H20FN3O2S/c21-18-6-8-19(9-7-18)27(25,26)20(14-22)16-24-12-10-23(11-13-24)15-17-4-2-1-3-5-17/h1-9,16H,10-13,15H2/b20-16-. The van der Waals surface area contributed by atoms with Crippen LogP contribution in [0.4, 0.5) is 4.39 Å². The Morgan fingerprint density at radius 1 is 1.04 bits per heavy atom. The zero-order valence-corrected chi connectivity index (χ0v) is 15.6. The molecule has 3 rings (SSSR count). The average molecular weight is 385 g/mol. The second-order valence-electron chi connectivity index (χ2n) is 6.36. The van der Waals surface area contributed by atoms with E-state index >= 15 is 0 Å². The summed E-state index contributed by atoms with van der Waals surface area (Å²) in [5, 5.41) is 9.35. The van der Waals surface area contributed by atoms with Crippen molar-refractivity contribution in [2.45, 2.75) is 11.4 Å². The minimum atomic E-state index is -3.95. The van der Waals surface area contributed by atoms with E-state index in [0.717, 1.165) is 31.8 Å². The molecule has 0 atom stereocenters. The fourth-order valence-corrected chi connectivity index (χ4v) is 4.11. The number of piperazine rings is 1. The Labute approximate surface area is 158 Å². The molecular weight excluding hydrogens is 365 g/mol. The molecule has 1 saturated heterocycles. The third kappa shape index (κ3) is 4.73. The number of rotatable bonds is 5. The molecule has 0 spiro atoms. The number of nitriles is 1. The van der Waals surface area contributed by atoms with Crippen molar-refractivity contribution in [2.75, 3.05) is 26.2 Å². The first kappa shape index (κ1) is 19.1. The van der Waals surface area contributed by atoms with Crippen LogP contribution in [0.1, 0.15) is 5.56 Å². The van der Waals surface area contributed by atoms with Crippen molar-refractivity contribution in [3.05, 3.63) is 77.1 Å². The van der Waals surface area contributed by atoms with Crippen LogP contribution in [-0.4, -0.2) is 44.4 Å². The molecule has 0 bridgehead atoms. The first-order chi connectivity index (χ1) is 13.0. The van der Waals surface area contributed by atoms with Crippen LogP contribution in [0, 0.1) is 17.1 Å². The van der Waals surface area contributed by atoms with Gasteiger partial charge >= 0.3 is 0 Å². The summed E-state index contributed by atoms with van der Waals surface area (Å²) in [6, 6.07) is 16.4. The summed E-state index contributed by atoms with van der Waals surface area (Å²) in [4.78, 5) is 3.73. The van der Waals surface area contributed by atoms with Crippen LogP contribution in [0.2, 0.25) is 0 Å². The predicted molar refractivity (Wildman–Crippen MR) is 101 cm³/mol. The Morgan fingerprint density at radius 3 is 2.26 bits per heavy atom. The topological polar surface area (TPSA) is 64.4 Å². The summed E-state index contributed by atoms with van der Waals surface area (Å²) in [6.07, 6.45) is 1.40. The van der Waals surface area contributed by atoms with Crippen LogP contribution in [0.5, 0.6) is 0 Å². The van der Waals surface area contributed by atoms with Crippen molar-refractivity contribution in [3.63, 3.8) is 0 Å². The molecule has 1 aliphatic heterocycles. The van der Waals surface area contributed by atoms with Gasteiger partial charge in [-0.1, -0.05) is 30.3 Å². The highest BCUT2D eigenvalue weighted by atomic mass is 32.2. The van der Waals surface area contributed by atoms with Gasteiger partial charge in [-0.05, 0) is 29.8 Å². The predicted octanol–water partition coefficient (Wildman–Crippen LogP) is 2.78. The lowest BCUT2D eigenvalue weighted by Crippen LogP contribution is -2.43. The maximum absolute atomic E-state index is 13.0. The largest absolute Gasteiger partial charge is 0.373 e. The Bertz CT molecular complexity index is 943. The van der Waals surface area contributed by atoms with Gasteiger partial charge in [-0.15, -0.1) is 0 Å². The molecule has 1 heterocycles. The molecule has 0 N–H and O–H groups in total. The number of hydrogen-bond donors (Lipinski definition) is 0. The van der Waals surface area contributed by atoms with Crippen molar-refractivity contribution < 1.29 is 12.8 Å². The number of sulfone groups is 1. The minimum Gasteiger partial charge on any atom is -0.373 e. The van der Waals surface area contributed by atoms with E-state index in [1.54, 1.807) is 6.07 Å². The van der Waals surface area contributed by atoms with Gasteiger partial charge in [0, 0.05) is 38.9 Å². The highest BCUT2D eigenvalue weighted by Crippen LogP contribution is 2.20. The first-order valence-corrected chi connectivity index (χ1v) is 10.1. The Hall–Kier alpha value is -2.69. The molecule has 27 heavy (non-hydrogen) atoms. The molecule has 1 aliphatic rings. The second-order valence-corrected chi connectivity index (χ2v) is 8.28. The summed E-state index contributed by atoms with van der Waals surface area (Å²) in [5.41, 5.74) is 1.23. The fourth-order valence-electron chi connectivity index (χ4n) is 2.96. The van der Waals surface area contributed by atoms with Crippen LogP contribution in [0.3, 0.4) is 0 Å². The van der Waals surface area contributed by atoms with E-state index in [1.807, 2.05) is 23.1 Å². The molecule has 1 fully saturated rings. The van der Waals surface area contributed by atoms with E-state index in [1.165, 1.54) is 23.9 Å². The molecule has 0 amide bonds. The maximum Gasteiger partial charge on any atom is 0.218 e. The molecule has 5 nitrogen and oxygen atoms in total. The second kappa shape index (κ2) is 8.33. The number of halogens is 1. The monoisotopic (exact) mass is 385 g/mol. The van der Waals surface area contributed by atoms with Crippen LogP contribution >= 0.6 is 0 Å². The number of hydrogen-bond acceptors (Lipinski definition) is 5. The summed E-state index contributed by atoms with van der Waals surface area (Å²) in [6.45, 7) is 3.67. The van der Waals surface area contributed by atoms with Crippen LogP contribution in [0.15, 0.2) is 70.6 Å². The molecule has 0 aromatic heterocycles. The molecule has 0 saturated carbocycles. The number of benzene rings is 2. The number of nitrogens with zero attached hydrogens (tertiary/aromatic N) is 3. The van der Waals surface area contributed by atoms with E-state index in [-0.39, 0.29) is 9.80 Å². The lowest BCUT2D eigenvalue weighted by molar-refractivity contribution is 0.162. The summed E-state index contributed by atoms with van der Waals surface area (Å²) in [5.74, 6) is -0.522. The Morgan fingerprint density at radius 2 is 1.67 bits per heavy atom. The highest BCUT2D eigenvalue weighted by Gasteiger charge is 2.23. The van der Waals surface area contributed by atoms with Gasteiger partial charge in [0.1, 0.15) is 11.9 Å². The van der Waals surface area contributed by atoms with E-state index in [2.05, 4.69) is 17.0 Å². The van der Waals surface area contributed by atoms with Crippen molar-refractivity contribution >= 4 is 9.84 Å². The third-order valence-electron chi connectivity index (χ3n) is 4.48. The van der Waals surface area contributed by atoms with Gasteiger partial charge in [-0.2, -0.15) is 5.26 Å². The van der Waals surface area contributed by atoms with Gasteiger partial charge < -0.3 is 4.90 Å². The molecular formula is C20H20FN3O2S. The molecule has 2 aromatic carbocycles. The zero-order chi connectivity index (χ0) is 19.3. The van der Waals surface area contributed by atoms with Gasteiger partial charge in [0.05, 0.1) is 4.90 Å². The molecule has 2 aromatic rings. The van der Waals surface area contributed by atoms with E-state index in [9.17, 15) is 18.1 Å². The smallest absolute Gasteiger partial charge is 0.218 e. The first-order valence-electron chi connectivity index (χ1n) is 8.62. The van der Waals surface area contributed by atoms with Crippen molar-refractivity contribution in [3.8, 4) is 6.07 Å². The average Bonchev–Trinajstić information content (AvgIpc) is 2.68. The highest BCUT2D eigenvalue weighted by molar-refractivity contribution is 7.95. The van der Waals surface area contributed by atoms with Gasteiger partial charge in [-0.25, -0.2) is 12.8 Å². The van der Waals surface area contributed by atoms with Gasteiger partial charge in [0.2, 0.25) is 9.84 Å². The van der Waals surface area contributed by atoms with Gasteiger partial charge in [-0.3, -0.25) is 4.90 Å². The molecule has 0 aliphatic carbocycles. The minimum absolute atomic E-state index is 0.0839. The zero-order valence-electron chi connectivity index (χ0n) is 14.8.